The molecule has 1 aromatic carbocycles. The van der Waals surface area contributed by atoms with Crippen LogP contribution in [0.1, 0.15) is 32.6 Å². The van der Waals surface area contributed by atoms with Gasteiger partial charge in [0.1, 0.15) is 5.02 Å². The van der Waals surface area contributed by atoms with Gasteiger partial charge in [0, 0.05) is 11.8 Å². The van der Waals surface area contributed by atoms with Gasteiger partial charge >= 0.3 is 0 Å². The topological polar surface area (TPSA) is 84.3 Å². The van der Waals surface area contributed by atoms with Crippen LogP contribution in [-0.4, -0.2) is 22.9 Å². The molecule has 21 heavy (non-hydrogen) atoms. The molecular weight excluding hydrogens is 294 g/mol. The molecule has 0 bridgehead atoms. The Morgan fingerprint density at radius 2 is 2.33 bits per heavy atom. The van der Waals surface area contributed by atoms with Gasteiger partial charge in [0.05, 0.1) is 10.5 Å². The molecule has 0 aliphatic carbocycles. The molecule has 1 aliphatic heterocycles. The summed E-state index contributed by atoms with van der Waals surface area (Å²) in [4.78, 5) is 22.7. The molecule has 2 rings (SSSR count). The number of amides is 1. The summed E-state index contributed by atoms with van der Waals surface area (Å²) in [5.74, 6) is -0.105. The van der Waals surface area contributed by atoms with Gasteiger partial charge in [-0.2, -0.15) is 0 Å². The third-order valence-electron chi connectivity index (χ3n) is 3.76. The second-order valence-corrected chi connectivity index (χ2v) is 5.65. The summed E-state index contributed by atoms with van der Waals surface area (Å²) >= 11 is 5.85. The second-order valence-electron chi connectivity index (χ2n) is 5.24. The zero-order valence-electron chi connectivity index (χ0n) is 11.8. The van der Waals surface area contributed by atoms with Gasteiger partial charge in [-0.15, -0.1) is 0 Å². The molecule has 7 heteroatoms. The number of rotatable bonds is 5. The smallest absolute Gasteiger partial charge is 0.288 e. The van der Waals surface area contributed by atoms with Crippen LogP contribution in [0.3, 0.4) is 0 Å². The van der Waals surface area contributed by atoms with Gasteiger partial charge in [0.15, 0.2) is 0 Å². The molecule has 1 unspecified atom stereocenters. The number of anilines is 1. The predicted octanol–water partition coefficient (Wildman–Crippen LogP) is 3.11. The molecule has 2 N–H and O–H groups in total. The lowest BCUT2D eigenvalue weighted by atomic mass is 9.91. The molecule has 0 radical (unpaired) electrons. The van der Waals surface area contributed by atoms with Crippen LogP contribution < -0.4 is 10.6 Å². The zero-order valence-corrected chi connectivity index (χ0v) is 12.6. The molecule has 1 saturated heterocycles. The first-order valence-corrected chi connectivity index (χ1v) is 7.37. The molecule has 1 fully saturated rings. The van der Waals surface area contributed by atoms with E-state index in [-0.39, 0.29) is 16.6 Å². The summed E-state index contributed by atoms with van der Waals surface area (Å²) in [6.45, 7) is 2.87. The highest BCUT2D eigenvalue weighted by molar-refractivity contribution is 6.33. The molecule has 0 saturated carbocycles. The van der Waals surface area contributed by atoms with Crippen molar-refractivity contribution in [3.8, 4) is 0 Å². The van der Waals surface area contributed by atoms with Crippen LogP contribution in [0.2, 0.25) is 5.02 Å². The number of benzene rings is 1. The van der Waals surface area contributed by atoms with E-state index in [9.17, 15) is 14.9 Å². The van der Waals surface area contributed by atoms with Gasteiger partial charge in [-0.25, -0.2) is 0 Å². The molecule has 1 heterocycles. The van der Waals surface area contributed by atoms with E-state index in [1.165, 1.54) is 18.2 Å². The van der Waals surface area contributed by atoms with Crippen LogP contribution in [0.15, 0.2) is 18.2 Å². The average molecular weight is 312 g/mol. The van der Waals surface area contributed by atoms with Gasteiger partial charge < -0.3 is 10.6 Å². The Hall–Kier alpha value is -1.66. The van der Waals surface area contributed by atoms with Crippen molar-refractivity contribution in [3.63, 3.8) is 0 Å². The van der Waals surface area contributed by atoms with E-state index in [4.69, 9.17) is 11.6 Å². The number of carbonyl (C=O) groups excluding carboxylic acids is 1. The van der Waals surface area contributed by atoms with Gasteiger partial charge in [0.25, 0.3) is 5.69 Å². The minimum atomic E-state index is -0.551. The summed E-state index contributed by atoms with van der Waals surface area (Å²) in [6, 6.07) is 4.20. The van der Waals surface area contributed by atoms with Gasteiger partial charge in [0.2, 0.25) is 5.91 Å². The number of nitrogens with zero attached hydrogens (tertiary/aromatic N) is 1. The van der Waals surface area contributed by atoms with E-state index in [2.05, 4.69) is 10.6 Å². The molecule has 1 aromatic rings. The zero-order chi connectivity index (χ0) is 15.5. The van der Waals surface area contributed by atoms with Crippen molar-refractivity contribution in [2.75, 3.05) is 11.9 Å². The number of carbonyl (C=O) groups is 1. The fourth-order valence-electron chi connectivity index (χ4n) is 2.74. The molecule has 1 amide bonds. The van der Waals surface area contributed by atoms with E-state index >= 15 is 0 Å². The van der Waals surface area contributed by atoms with Crippen molar-refractivity contribution in [3.05, 3.63) is 33.3 Å². The number of nitro benzene ring substituents is 1. The third kappa shape index (κ3) is 3.33. The van der Waals surface area contributed by atoms with Crippen LogP contribution in [0.4, 0.5) is 11.4 Å². The lowest BCUT2D eigenvalue weighted by molar-refractivity contribution is -0.384. The van der Waals surface area contributed by atoms with E-state index in [0.717, 1.165) is 32.2 Å². The Labute approximate surface area is 128 Å². The highest BCUT2D eigenvalue weighted by Gasteiger charge is 2.39. The minimum Gasteiger partial charge on any atom is -0.324 e. The van der Waals surface area contributed by atoms with Gasteiger partial charge in [-0.05, 0) is 37.9 Å². The monoisotopic (exact) mass is 311 g/mol. The minimum absolute atomic E-state index is 0.0155. The molecule has 114 valence electrons. The second kappa shape index (κ2) is 6.41. The maximum atomic E-state index is 12.5. The first kappa shape index (κ1) is 15.7. The van der Waals surface area contributed by atoms with Crippen molar-refractivity contribution in [1.82, 2.24) is 5.32 Å². The first-order valence-electron chi connectivity index (χ1n) is 6.99. The molecule has 1 aliphatic rings. The summed E-state index contributed by atoms with van der Waals surface area (Å²) in [7, 11) is 0. The maximum absolute atomic E-state index is 12.5. The van der Waals surface area contributed by atoms with Crippen LogP contribution in [0.5, 0.6) is 0 Å². The Kier molecular flexibility index (Phi) is 4.80. The largest absolute Gasteiger partial charge is 0.324 e. The maximum Gasteiger partial charge on any atom is 0.288 e. The normalized spacial score (nSPS) is 21.2. The molecule has 0 aromatic heterocycles. The summed E-state index contributed by atoms with van der Waals surface area (Å²) in [5, 5.41) is 16.8. The van der Waals surface area contributed by atoms with Crippen LogP contribution in [0.25, 0.3) is 0 Å². The Morgan fingerprint density at radius 3 is 2.86 bits per heavy atom. The van der Waals surface area contributed by atoms with Crippen LogP contribution in [-0.2, 0) is 4.79 Å². The number of hydrogen-bond acceptors (Lipinski definition) is 4. The fourth-order valence-corrected chi connectivity index (χ4v) is 2.99. The van der Waals surface area contributed by atoms with Gasteiger partial charge in [-0.1, -0.05) is 24.9 Å². The van der Waals surface area contributed by atoms with Crippen molar-refractivity contribution in [2.24, 2.45) is 0 Å². The van der Waals surface area contributed by atoms with Crippen LogP contribution in [0, 0.1) is 10.1 Å². The quantitative estimate of drug-likeness (QED) is 0.646. The third-order valence-corrected chi connectivity index (χ3v) is 4.06. The summed E-state index contributed by atoms with van der Waals surface area (Å²) < 4.78 is 0. The lowest BCUT2D eigenvalue weighted by Crippen LogP contribution is -2.50. The number of nitro groups is 1. The van der Waals surface area contributed by atoms with E-state index in [0.29, 0.717) is 5.69 Å². The van der Waals surface area contributed by atoms with E-state index < -0.39 is 10.5 Å². The molecular formula is C14H18ClN3O3. The van der Waals surface area contributed by atoms with E-state index in [1.807, 2.05) is 6.92 Å². The average Bonchev–Trinajstić information content (AvgIpc) is 2.88. The predicted molar refractivity (Wildman–Crippen MR) is 81.6 cm³/mol. The Morgan fingerprint density at radius 1 is 1.57 bits per heavy atom. The van der Waals surface area contributed by atoms with Crippen molar-refractivity contribution in [2.45, 2.75) is 38.1 Å². The van der Waals surface area contributed by atoms with Crippen molar-refractivity contribution < 1.29 is 9.72 Å². The van der Waals surface area contributed by atoms with Crippen molar-refractivity contribution in [1.29, 1.82) is 0 Å². The standard InChI is InChI=1S/C14H18ClN3O3/c1-2-6-14(7-3-8-16-14)13(19)17-10-4-5-12(18(20)21)11(15)9-10/h4-5,9,16H,2-3,6-8H2,1H3,(H,17,19). The highest BCUT2D eigenvalue weighted by atomic mass is 35.5. The lowest BCUT2D eigenvalue weighted by Gasteiger charge is -2.27. The van der Waals surface area contributed by atoms with E-state index in [1.54, 1.807) is 0 Å². The summed E-state index contributed by atoms with van der Waals surface area (Å²) in [5.41, 5.74) is -0.236. The number of nitrogens with one attached hydrogen (secondary N) is 2. The fraction of sp³-hybridized carbons (Fsp3) is 0.500. The van der Waals surface area contributed by atoms with Gasteiger partial charge in [-0.3, -0.25) is 14.9 Å². The Bertz CT molecular complexity index is 556. The summed E-state index contributed by atoms with van der Waals surface area (Å²) in [6.07, 6.45) is 3.43. The SMILES string of the molecule is CCCC1(C(=O)Nc2ccc([N+](=O)[O-])c(Cl)c2)CCCN1. The molecule has 1 atom stereocenters. The number of hydrogen-bond donors (Lipinski definition) is 2. The first-order chi connectivity index (χ1) is 9.98. The van der Waals surface area contributed by atoms with Crippen LogP contribution >= 0.6 is 11.6 Å². The molecule has 6 nitrogen and oxygen atoms in total. The Balaban J connectivity index is 2.15. The number of halogens is 1. The highest BCUT2D eigenvalue weighted by Crippen LogP contribution is 2.30. The molecule has 0 spiro atoms. The van der Waals surface area contributed by atoms with Crippen molar-refractivity contribution >= 4 is 28.9 Å².